The summed E-state index contributed by atoms with van der Waals surface area (Å²) in [5.74, 6) is -0.395. The summed E-state index contributed by atoms with van der Waals surface area (Å²) in [6, 6.07) is 15.7. The van der Waals surface area contributed by atoms with Crippen molar-refractivity contribution in [1.29, 1.82) is 0 Å². The Balaban J connectivity index is 1.77. The minimum absolute atomic E-state index is 0.0193. The summed E-state index contributed by atoms with van der Waals surface area (Å²) in [6.45, 7) is 7.78. The van der Waals surface area contributed by atoms with Crippen molar-refractivity contribution in [2.75, 3.05) is 18.9 Å². The van der Waals surface area contributed by atoms with Crippen LogP contribution in [0.1, 0.15) is 32.9 Å². The number of carbonyl (C=O) groups is 2. The van der Waals surface area contributed by atoms with Crippen molar-refractivity contribution in [3.05, 3.63) is 81.1 Å². The molecule has 0 saturated carbocycles. The molecule has 5 nitrogen and oxygen atoms in total. The number of aromatic nitrogens is 1. The second-order valence-electron chi connectivity index (χ2n) is 7.57. The number of hydrogen-bond donors (Lipinski definition) is 1. The van der Waals surface area contributed by atoms with Crippen LogP contribution < -0.4 is 5.32 Å². The number of rotatable bonds is 5. The smallest absolute Gasteiger partial charge is 0.255 e. The lowest BCUT2D eigenvalue weighted by Gasteiger charge is -2.18. The average Bonchev–Trinajstić information content (AvgIpc) is 2.99. The first-order valence-corrected chi connectivity index (χ1v) is 10.5. The molecule has 156 valence electrons. The van der Waals surface area contributed by atoms with Gasteiger partial charge in [-0.1, -0.05) is 34.1 Å². The van der Waals surface area contributed by atoms with Crippen molar-refractivity contribution in [1.82, 2.24) is 9.47 Å². The molecular formula is C24H26BrN3O2. The zero-order chi connectivity index (χ0) is 22.0. The predicted molar refractivity (Wildman–Crippen MR) is 124 cm³/mol. The van der Waals surface area contributed by atoms with E-state index < -0.39 is 0 Å². The fourth-order valence-corrected chi connectivity index (χ4v) is 3.91. The molecule has 0 bridgehead atoms. The van der Waals surface area contributed by atoms with Crippen LogP contribution in [0.2, 0.25) is 0 Å². The largest absolute Gasteiger partial charge is 0.332 e. The fourth-order valence-electron chi connectivity index (χ4n) is 3.65. The number of anilines is 1. The van der Waals surface area contributed by atoms with Gasteiger partial charge in [-0.05, 0) is 69.2 Å². The number of nitrogens with one attached hydrogen (secondary N) is 1. The van der Waals surface area contributed by atoms with Gasteiger partial charge in [0.25, 0.3) is 5.91 Å². The quantitative estimate of drug-likeness (QED) is 0.561. The van der Waals surface area contributed by atoms with Crippen LogP contribution in [0.5, 0.6) is 0 Å². The topological polar surface area (TPSA) is 54.3 Å². The molecule has 6 heteroatoms. The van der Waals surface area contributed by atoms with Crippen molar-refractivity contribution in [2.45, 2.75) is 27.7 Å². The number of nitrogens with zero attached hydrogens (tertiary/aromatic N) is 2. The Morgan fingerprint density at radius 2 is 1.60 bits per heavy atom. The third-order valence-corrected chi connectivity index (χ3v) is 5.75. The lowest BCUT2D eigenvalue weighted by Crippen LogP contribution is -2.35. The van der Waals surface area contributed by atoms with Gasteiger partial charge in [0.05, 0.1) is 12.1 Å². The molecule has 3 aromatic rings. The van der Waals surface area contributed by atoms with E-state index in [1.54, 1.807) is 7.05 Å². The van der Waals surface area contributed by atoms with Crippen molar-refractivity contribution < 1.29 is 9.59 Å². The molecule has 1 aromatic heterocycles. The molecule has 0 spiro atoms. The summed E-state index contributed by atoms with van der Waals surface area (Å²) in [5.41, 5.74) is 6.19. The zero-order valence-electron chi connectivity index (χ0n) is 17.9. The molecule has 0 unspecified atom stereocenters. The maximum absolute atomic E-state index is 13.1. The molecule has 1 N–H and O–H groups in total. The van der Waals surface area contributed by atoms with E-state index in [0.717, 1.165) is 38.4 Å². The van der Waals surface area contributed by atoms with Gasteiger partial charge in [0, 0.05) is 34.3 Å². The Morgan fingerprint density at radius 3 is 2.20 bits per heavy atom. The molecular weight excluding hydrogens is 442 g/mol. The highest BCUT2D eigenvalue weighted by Gasteiger charge is 2.21. The molecule has 0 radical (unpaired) electrons. The van der Waals surface area contributed by atoms with Crippen LogP contribution in [0.4, 0.5) is 5.69 Å². The summed E-state index contributed by atoms with van der Waals surface area (Å²) >= 11 is 3.45. The fraction of sp³-hybridized carbons (Fsp3) is 0.250. The standard InChI is InChI=1S/C24H26BrN3O2/c1-15-7-6-8-16(2)23(15)26-22(29)14-27(5)24(30)21-13-17(3)28(18(21)4)20-11-9-19(25)10-12-20/h6-13H,14H2,1-5H3,(H,26,29). The van der Waals surface area contributed by atoms with E-state index in [4.69, 9.17) is 0 Å². The van der Waals surface area contributed by atoms with Crippen molar-refractivity contribution in [2.24, 2.45) is 0 Å². The Kier molecular flexibility index (Phi) is 6.46. The second-order valence-corrected chi connectivity index (χ2v) is 8.49. The van der Waals surface area contributed by atoms with Gasteiger partial charge in [-0.25, -0.2) is 0 Å². The van der Waals surface area contributed by atoms with E-state index in [1.807, 2.05) is 80.8 Å². The van der Waals surface area contributed by atoms with Gasteiger partial charge in [-0.2, -0.15) is 0 Å². The number of halogens is 1. The monoisotopic (exact) mass is 467 g/mol. The number of para-hydroxylation sites is 1. The first-order valence-electron chi connectivity index (χ1n) is 9.75. The molecule has 0 aliphatic heterocycles. The number of carbonyl (C=O) groups excluding carboxylic acids is 2. The predicted octanol–water partition coefficient (Wildman–Crippen LogP) is 5.18. The maximum atomic E-state index is 13.1. The maximum Gasteiger partial charge on any atom is 0.255 e. The molecule has 2 aromatic carbocycles. The third-order valence-electron chi connectivity index (χ3n) is 5.22. The van der Waals surface area contributed by atoms with Gasteiger partial charge >= 0.3 is 0 Å². The van der Waals surface area contributed by atoms with Gasteiger partial charge in [0.1, 0.15) is 0 Å². The van der Waals surface area contributed by atoms with E-state index in [2.05, 4.69) is 21.2 Å². The molecule has 0 aliphatic carbocycles. The molecule has 1 heterocycles. The SMILES string of the molecule is Cc1cccc(C)c1NC(=O)CN(C)C(=O)c1cc(C)n(-c2ccc(Br)cc2)c1C. The Hall–Kier alpha value is -2.86. The zero-order valence-corrected chi connectivity index (χ0v) is 19.5. The Morgan fingerprint density at radius 1 is 1.00 bits per heavy atom. The first-order chi connectivity index (χ1) is 14.2. The van der Waals surface area contributed by atoms with Crippen molar-refractivity contribution in [3.8, 4) is 5.69 Å². The van der Waals surface area contributed by atoms with Gasteiger partial charge in [-0.15, -0.1) is 0 Å². The highest BCUT2D eigenvalue weighted by Crippen LogP contribution is 2.23. The van der Waals surface area contributed by atoms with Gasteiger partial charge in [0.2, 0.25) is 5.91 Å². The normalized spacial score (nSPS) is 10.7. The van der Waals surface area contributed by atoms with Crippen LogP contribution in [-0.2, 0) is 4.79 Å². The molecule has 0 saturated heterocycles. The summed E-state index contributed by atoms with van der Waals surface area (Å²) in [6.07, 6.45) is 0. The number of likely N-dealkylation sites (N-methyl/N-ethyl adjacent to an activating group) is 1. The lowest BCUT2D eigenvalue weighted by molar-refractivity contribution is -0.116. The number of amides is 2. The average molecular weight is 468 g/mol. The summed E-state index contributed by atoms with van der Waals surface area (Å²) in [5, 5.41) is 2.94. The lowest BCUT2D eigenvalue weighted by atomic mass is 10.1. The molecule has 2 amide bonds. The second kappa shape index (κ2) is 8.88. The summed E-state index contributed by atoms with van der Waals surface area (Å²) < 4.78 is 3.05. The van der Waals surface area contributed by atoms with Crippen molar-refractivity contribution in [3.63, 3.8) is 0 Å². The van der Waals surface area contributed by atoms with Crippen LogP contribution in [0, 0.1) is 27.7 Å². The Labute approximate surface area is 185 Å². The molecule has 0 atom stereocenters. The minimum atomic E-state index is -0.218. The van der Waals surface area contributed by atoms with Crippen LogP contribution in [0.25, 0.3) is 5.69 Å². The summed E-state index contributed by atoms with van der Waals surface area (Å²) in [7, 11) is 1.65. The molecule has 3 rings (SSSR count). The summed E-state index contributed by atoms with van der Waals surface area (Å²) in [4.78, 5) is 27.1. The Bertz CT molecular complexity index is 1080. The van der Waals surface area contributed by atoms with Gasteiger partial charge < -0.3 is 14.8 Å². The molecule has 0 fully saturated rings. The van der Waals surface area contributed by atoms with Crippen molar-refractivity contribution >= 4 is 33.4 Å². The van der Waals surface area contributed by atoms with E-state index in [1.165, 1.54) is 4.90 Å². The molecule has 30 heavy (non-hydrogen) atoms. The third kappa shape index (κ3) is 4.49. The number of hydrogen-bond acceptors (Lipinski definition) is 2. The molecule has 0 aliphatic rings. The van der Waals surface area contributed by atoms with Gasteiger partial charge in [-0.3, -0.25) is 9.59 Å². The highest BCUT2D eigenvalue weighted by atomic mass is 79.9. The first kappa shape index (κ1) is 21.8. The number of benzene rings is 2. The van der Waals surface area contributed by atoms with E-state index in [0.29, 0.717) is 5.56 Å². The van der Waals surface area contributed by atoms with E-state index in [9.17, 15) is 9.59 Å². The van der Waals surface area contributed by atoms with Crippen LogP contribution >= 0.6 is 15.9 Å². The van der Waals surface area contributed by atoms with Crippen LogP contribution in [0.15, 0.2) is 53.0 Å². The van der Waals surface area contributed by atoms with E-state index in [-0.39, 0.29) is 18.4 Å². The van der Waals surface area contributed by atoms with Crippen LogP contribution in [-0.4, -0.2) is 34.9 Å². The van der Waals surface area contributed by atoms with Crippen LogP contribution in [0.3, 0.4) is 0 Å². The minimum Gasteiger partial charge on any atom is -0.332 e. The number of aryl methyl sites for hydroxylation is 3. The van der Waals surface area contributed by atoms with Gasteiger partial charge in [0.15, 0.2) is 0 Å². The highest BCUT2D eigenvalue weighted by molar-refractivity contribution is 9.10. The van der Waals surface area contributed by atoms with E-state index >= 15 is 0 Å².